The Labute approximate surface area is 162 Å². The van der Waals surface area contributed by atoms with Crippen LogP contribution in [-0.2, 0) is 9.53 Å². The van der Waals surface area contributed by atoms with Crippen LogP contribution in [0.2, 0.25) is 5.02 Å². The molecular formula is C20H19ClN2O4. The lowest BCUT2D eigenvalue weighted by molar-refractivity contribution is -0.119. The van der Waals surface area contributed by atoms with Crippen LogP contribution in [0.4, 0.5) is 5.69 Å². The van der Waals surface area contributed by atoms with Gasteiger partial charge >= 0.3 is 5.97 Å². The molecule has 0 radical (unpaired) electrons. The Morgan fingerprint density at radius 2 is 1.89 bits per heavy atom. The van der Waals surface area contributed by atoms with Gasteiger partial charge in [0.2, 0.25) is 0 Å². The first-order valence-corrected chi connectivity index (χ1v) is 8.66. The first-order chi connectivity index (χ1) is 12.9. The number of amides is 1. The quantitative estimate of drug-likeness (QED) is 0.725. The number of hydrogen-bond donors (Lipinski definition) is 1. The lowest BCUT2D eigenvalue weighted by Gasteiger charge is -2.09. The van der Waals surface area contributed by atoms with Crippen molar-refractivity contribution in [3.8, 4) is 11.8 Å². The van der Waals surface area contributed by atoms with Gasteiger partial charge in [-0.15, -0.1) is 0 Å². The Kier molecular flexibility index (Phi) is 7.21. The summed E-state index contributed by atoms with van der Waals surface area (Å²) in [6, 6.07) is 12.9. The van der Waals surface area contributed by atoms with E-state index in [1.165, 1.54) is 12.1 Å². The summed E-state index contributed by atoms with van der Waals surface area (Å²) in [5, 5.41) is 11.6. The van der Waals surface area contributed by atoms with Crippen molar-refractivity contribution in [1.82, 2.24) is 0 Å². The SMILES string of the molecule is CC(C)COc1ccc(C(=O)OCC(=O)Nc2ccc(C#N)c(Cl)c2)cc1. The van der Waals surface area contributed by atoms with Crippen molar-refractivity contribution in [2.45, 2.75) is 13.8 Å². The van der Waals surface area contributed by atoms with Gasteiger partial charge in [0.25, 0.3) is 5.91 Å². The number of nitrogens with one attached hydrogen (secondary N) is 1. The molecule has 0 aliphatic rings. The van der Waals surface area contributed by atoms with E-state index in [9.17, 15) is 9.59 Å². The fourth-order valence-corrected chi connectivity index (χ4v) is 2.27. The fraction of sp³-hybridized carbons (Fsp3) is 0.250. The minimum absolute atomic E-state index is 0.229. The number of carbonyl (C=O) groups is 2. The largest absolute Gasteiger partial charge is 0.493 e. The summed E-state index contributed by atoms with van der Waals surface area (Å²) < 4.78 is 10.5. The zero-order chi connectivity index (χ0) is 19.8. The van der Waals surface area contributed by atoms with Gasteiger partial charge in [-0.25, -0.2) is 4.79 Å². The van der Waals surface area contributed by atoms with E-state index in [-0.39, 0.29) is 5.02 Å². The van der Waals surface area contributed by atoms with E-state index in [4.69, 9.17) is 26.3 Å². The van der Waals surface area contributed by atoms with Gasteiger partial charge in [0.1, 0.15) is 11.8 Å². The number of carbonyl (C=O) groups excluding carboxylic acids is 2. The molecular weight excluding hydrogens is 368 g/mol. The number of halogens is 1. The molecule has 0 heterocycles. The molecule has 2 aromatic carbocycles. The highest BCUT2D eigenvalue weighted by atomic mass is 35.5. The fourth-order valence-electron chi connectivity index (χ4n) is 2.05. The molecule has 6 nitrogen and oxygen atoms in total. The van der Waals surface area contributed by atoms with Crippen molar-refractivity contribution >= 4 is 29.2 Å². The topological polar surface area (TPSA) is 88.4 Å². The van der Waals surface area contributed by atoms with Gasteiger partial charge in [0, 0.05) is 5.69 Å². The molecule has 1 N–H and O–H groups in total. The monoisotopic (exact) mass is 386 g/mol. The molecule has 7 heteroatoms. The Bertz CT molecular complexity index is 857. The van der Waals surface area contributed by atoms with Crippen LogP contribution < -0.4 is 10.1 Å². The predicted octanol–water partition coefficient (Wildman–Crippen LogP) is 4.04. The molecule has 0 saturated carbocycles. The Balaban J connectivity index is 1.85. The number of esters is 1. The Morgan fingerprint density at radius 1 is 1.19 bits per heavy atom. The van der Waals surface area contributed by atoms with Gasteiger partial charge < -0.3 is 14.8 Å². The van der Waals surface area contributed by atoms with Gasteiger partial charge in [0.05, 0.1) is 22.8 Å². The van der Waals surface area contributed by atoms with Crippen molar-refractivity contribution in [3.05, 3.63) is 58.6 Å². The second kappa shape index (κ2) is 9.60. The van der Waals surface area contributed by atoms with Crippen LogP contribution in [0.5, 0.6) is 5.75 Å². The van der Waals surface area contributed by atoms with Crippen LogP contribution in [0.25, 0.3) is 0 Å². The summed E-state index contributed by atoms with van der Waals surface area (Å²) in [5.74, 6) is -0.0609. The van der Waals surface area contributed by atoms with E-state index in [2.05, 4.69) is 5.32 Å². The van der Waals surface area contributed by atoms with Crippen LogP contribution in [0, 0.1) is 17.2 Å². The van der Waals surface area contributed by atoms with E-state index in [1.807, 2.05) is 19.9 Å². The highest BCUT2D eigenvalue weighted by Gasteiger charge is 2.11. The second-order valence-corrected chi connectivity index (χ2v) is 6.57. The van der Waals surface area contributed by atoms with Crippen molar-refractivity contribution in [2.75, 3.05) is 18.5 Å². The maximum absolute atomic E-state index is 12.0. The predicted molar refractivity (Wildman–Crippen MR) is 102 cm³/mol. The molecule has 0 spiro atoms. The molecule has 0 atom stereocenters. The van der Waals surface area contributed by atoms with Crippen LogP contribution in [0.3, 0.4) is 0 Å². The lowest BCUT2D eigenvalue weighted by Crippen LogP contribution is -2.21. The molecule has 0 saturated heterocycles. The number of nitriles is 1. The average Bonchev–Trinajstić information content (AvgIpc) is 2.65. The van der Waals surface area contributed by atoms with E-state index in [1.54, 1.807) is 30.3 Å². The second-order valence-electron chi connectivity index (χ2n) is 6.16. The van der Waals surface area contributed by atoms with E-state index in [0.717, 1.165) is 0 Å². The first kappa shape index (κ1) is 20.3. The molecule has 140 valence electrons. The van der Waals surface area contributed by atoms with E-state index >= 15 is 0 Å². The molecule has 1 amide bonds. The third kappa shape index (κ3) is 6.32. The zero-order valence-electron chi connectivity index (χ0n) is 15.0. The third-order valence-electron chi connectivity index (χ3n) is 3.38. The number of anilines is 1. The molecule has 0 aliphatic heterocycles. The molecule has 0 aliphatic carbocycles. The highest BCUT2D eigenvalue weighted by molar-refractivity contribution is 6.32. The smallest absolute Gasteiger partial charge is 0.338 e. The van der Waals surface area contributed by atoms with Gasteiger partial charge in [-0.2, -0.15) is 5.26 Å². The normalized spacial score (nSPS) is 10.2. The number of nitrogens with zero attached hydrogens (tertiary/aromatic N) is 1. The van der Waals surface area contributed by atoms with Gasteiger partial charge in [-0.3, -0.25) is 4.79 Å². The summed E-state index contributed by atoms with van der Waals surface area (Å²) in [4.78, 5) is 23.9. The summed E-state index contributed by atoms with van der Waals surface area (Å²) in [5.41, 5.74) is 1.04. The molecule has 2 rings (SSSR count). The molecule has 0 unspecified atom stereocenters. The van der Waals surface area contributed by atoms with Crippen molar-refractivity contribution < 1.29 is 19.1 Å². The Morgan fingerprint density at radius 3 is 2.48 bits per heavy atom. The maximum Gasteiger partial charge on any atom is 0.338 e. The summed E-state index contributed by atoms with van der Waals surface area (Å²) >= 11 is 5.90. The van der Waals surface area contributed by atoms with Crippen LogP contribution in [0.15, 0.2) is 42.5 Å². The first-order valence-electron chi connectivity index (χ1n) is 8.28. The van der Waals surface area contributed by atoms with Crippen LogP contribution in [-0.4, -0.2) is 25.1 Å². The number of ether oxygens (including phenoxy) is 2. The molecule has 0 bridgehead atoms. The molecule has 0 fully saturated rings. The van der Waals surface area contributed by atoms with E-state index in [0.29, 0.717) is 35.1 Å². The van der Waals surface area contributed by atoms with E-state index < -0.39 is 18.5 Å². The van der Waals surface area contributed by atoms with Gasteiger partial charge in [0.15, 0.2) is 6.61 Å². The summed E-state index contributed by atoms with van der Waals surface area (Å²) in [6.45, 7) is 4.23. The number of hydrogen-bond acceptors (Lipinski definition) is 5. The minimum Gasteiger partial charge on any atom is -0.493 e. The lowest BCUT2D eigenvalue weighted by atomic mass is 10.2. The molecule has 27 heavy (non-hydrogen) atoms. The average molecular weight is 387 g/mol. The standard InChI is InChI=1S/C20H19ClN2O4/c1-13(2)11-26-17-7-4-14(5-8-17)20(25)27-12-19(24)23-16-6-3-15(10-22)18(21)9-16/h3-9,13H,11-12H2,1-2H3,(H,23,24). The van der Waals surface area contributed by atoms with Crippen molar-refractivity contribution in [1.29, 1.82) is 5.26 Å². The van der Waals surface area contributed by atoms with Crippen molar-refractivity contribution in [2.24, 2.45) is 5.92 Å². The summed E-state index contributed by atoms with van der Waals surface area (Å²) in [6.07, 6.45) is 0. The maximum atomic E-state index is 12.0. The highest BCUT2D eigenvalue weighted by Crippen LogP contribution is 2.20. The van der Waals surface area contributed by atoms with Gasteiger partial charge in [-0.1, -0.05) is 25.4 Å². The number of benzene rings is 2. The number of rotatable bonds is 7. The zero-order valence-corrected chi connectivity index (χ0v) is 15.7. The molecule has 2 aromatic rings. The van der Waals surface area contributed by atoms with Crippen molar-refractivity contribution in [3.63, 3.8) is 0 Å². The van der Waals surface area contributed by atoms with Gasteiger partial charge in [-0.05, 0) is 48.4 Å². The minimum atomic E-state index is -0.613. The third-order valence-corrected chi connectivity index (χ3v) is 3.69. The van der Waals surface area contributed by atoms with Crippen LogP contribution >= 0.6 is 11.6 Å². The summed E-state index contributed by atoms with van der Waals surface area (Å²) in [7, 11) is 0. The molecule has 0 aromatic heterocycles. The van der Waals surface area contributed by atoms with Crippen LogP contribution in [0.1, 0.15) is 29.8 Å². The Hall–Kier alpha value is -3.04.